The molecular weight excluding hydrogens is 356 g/mol. The van der Waals surface area contributed by atoms with E-state index in [0.29, 0.717) is 22.6 Å². The van der Waals surface area contributed by atoms with Gasteiger partial charge in [-0.15, -0.1) is 0 Å². The monoisotopic (exact) mass is 370 g/mol. The lowest BCUT2D eigenvalue weighted by Crippen LogP contribution is -2.05. The van der Waals surface area contributed by atoms with E-state index in [1.807, 2.05) is 37.3 Å². The molecule has 8 nitrogen and oxygen atoms in total. The van der Waals surface area contributed by atoms with Gasteiger partial charge in [-0.2, -0.15) is 10.4 Å². The highest BCUT2D eigenvalue weighted by Gasteiger charge is 2.22. The summed E-state index contributed by atoms with van der Waals surface area (Å²) in [5, 5.41) is 25.4. The third-order valence-electron chi connectivity index (χ3n) is 4.47. The first kappa shape index (κ1) is 17.2. The Morgan fingerprint density at radius 1 is 1.14 bits per heavy atom. The highest BCUT2D eigenvalue weighted by Crippen LogP contribution is 2.34. The second-order valence-corrected chi connectivity index (χ2v) is 6.20. The molecule has 0 saturated carbocycles. The van der Waals surface area contributed by atoms with Crippen LogP contribution in [0.1, 0.15) is 11.3 Å². The van der Waals surface area contributed by atoms with Gasteiger partial charge >= 0.3 is 0 Å². The van der Waals surface area contributed by atoms with E-state index in [9.17, 15) is 15.4 Å². The predicted octanol–water partition coefficient (Wildman–Crippen LogP) is 3.73. The molecule has 0 bridgehead atoms. The lowest BCUT2D eigenvalue weighted by Gasteiger charge is -2.10. The maximum Gasteiger partial charge on any atom is 0.270 e. The van der Waals surface area contributed by atoms with Crippen LogP contribution in [0.25, 0.3) is 28.0 Å². The number of nitrogen functional groups attached to an aromatic ring is 1. The van der Waals surface area contributed by atoms with Gasteiger partial charge in [-0.3, -0.25) is 10.1 Å². The maximum absolute atomic E-state index is 11.2. The van der Waals surface area contributed by atoms with Crippen LogP contribution in [0.3, 0.4) is 0 Å². The molecule has 0 spiro atoms. The van der Waals surface area contributed by atoms with Crippen LogP contribution >= 0.6 is 0 Å². The van der Waals surface area contributed by atoms with Crippen molar-refractivity contribution in [2.75, 3.05) is 5.73 Å². The highest BCUT2D eigenvalue weighted by molar-refractivity contribution is 5.85. The van der Waals surface area contributed by atoms with E-state index >= 15 is 0 Å². The minimum atomic E-state index is -0.485. The Bertz CT molecular complexity index is 1270. The van der Waals surface area contributed by atoms with E-state index in [1.165, 1.54) is 16.6 Å². The van der Waals surface area contributed by atoms with Gasteiger partial charge in [0.05, 0.1) is 16.3 Å². The molecule has 8 heteroatoms. The van der Waals surface area contributed by atoms with Crippen LogP contribution in [-0.4, -0.2) is 19.5 Å². The van der Waals surface area contributed by atoms with Crippen molar-refractivity contribution in [3.05, 3.63) is 76.0 Å². The first-order chi connectivity index (χ1) is 13.5. The summed E-state index contributed by atoms with van der Waals surface area (Å²) in [6.45, 7) is 1.84. The maximum atomic E-state index is 11.2. The van der Waals surface area contributed by atoms with Crippen LogP contribution in [0.15, 0.2) is 54.6 Å². The lowest BCUT2D eigenvalue weighted by molar-refractivity contribution is -0.384. The summed E-state index contributed by atoms with van der Waals surface area (Å²) < 4.78 is 1.53. The number of non-ortho nitro benzene ring substituents is 1. The van der Waals surface area contributed by atoms with Gasteiger partial charge in [0.2, 0.25) is 0 Å². The van der Waals surface area contributed by atoms with Crippen molar-refractivity contribution in [1.29, 1.82) is 5.26 Å². The number of anilines is 1. The fourth-order valence-electron chi connectivity index (χ4n) is 3.26. The van der Waals surface area contributed by atoms with Crippen molar-refractivity contribution in [2.24, 2.45) is 0 Å². The Morgan fingerprint density at radius 2 is 1.86 bits per heavy atom. The number of aromatic nitrogens is 3. The van der Waals surface area contributed by atoms with Crippen LogP contribution in [0, 0.1) is 28.4 Å². The number of nitrogens with zero attached hydrogens (tertiary/aromatic N) is 5. The number of nitro groups is 1. The number of fused-ring (bicyclic) bond motifs is 1. The summed E-state index contributed by atoms with van der Waals surface area (Å²) in [4.78, 5) is 15.1. The summed E-state index contributed by atoms with van der Waals surface area (Å²) >= 11 is 0. The van der Waals surface area contributed by atoms with E-state index in [0.717, 1.165) is 11.1 Å². The number of nitro benzene ring substituents is 1. The van der Waals surface area contributed by atoms with Crippen LogP contribution in [0.4, 0.5) is 11.5 Å². The highest BCUT2D eigenvalue weighted by atomic mass is 16.6. The molecule has 0 radical (unpaired) electrons. The SMILES string of the molecule is Cc1nn2c(-c3cccc([N+](=O)[O-])c3)c(C#N)c(N)nc2c1-c1ccccc1. The molecule has 4 rings (SSSR count). The fraction of sp³-hybridized carbons (Fsp3) is 0.0500. The molecule has 136 valence electrons. The number of hydrogen-bond acceptors (Lipinski definition) is 6. The largest absolute Gasteiger partial charge is 0.382 e. The minimum Gasteiger partial charge on any atom is -0.382 e. The third-order valence-corrected chi connectivity index (χ3v) is 4.47. The van der Waals surface area contributed by atoms with Crippen LogP contribution < -0.4 is 5.73 Å². The van der Waals surface area contributed by atoms with E-state index in [-0.39, 0.29) is 17.1 Å². The second kappa shape index (κ2) is 6.48. The van der Waals surface area contributed by atoms with E-state index < -0.39 is 4.92 Å². The van der Waals surface area contributed by atoms with Crippen LogP contribution in [0.2, 0.25) is 0 Å². The normalized spacial score (nSPS) is 10.7. The Morgan fingerprint density at radius 3 is 2.54 bits per heavy atom. The van der Waals surface area contributed by atoms with E-state index in [1.54, 1.807) is 12.1 Å². The fourth-order valence-corrected chi connectivity index (χ4v) is 3.26. The lowest BCUT2D eigenvalue weighted by atomic mass is 10.0. The molecule has 0 aliphatic carbocycles. The van der Waals surface area contributed by atoms with Gasteiger partial charge < -0.3 is 5.73 Å². The zero-order valence-corrected chi connectivity index (χ0v) is 14.8. The van der Waals surface area contributed by atoms with Gasteiger partial charge in [0, 0.05) is 23.3 Å². The first-order valence-electron chi connectivity index (χ1n) is 8.40. The Kier molecular flexibility index (Phi) is 3.98. The molecule has 2 aromatic heterocycles. The Labute approximate surface area is 159 Å². The number of aryl methyl sites for hydroxylation is 1. The molecule has 0 aliphatic heterocycles. The van der Waals surface area contributed by atoms with Gasteiger partial charge in [-0.05, 0) is 12.5 Å². The topological polar surface area (TPSA) is 123 Å². The van der Waals surface area contributed by atoms with E-state index in [2.05, 4.69) is 16.2 Å². The quantitative estimate of drug-likeness (QED) is 0.433. The number of hydrogen-bond donors (Lipinski definition) is 1. The van der Waals surface area contributed by atoms with Crippen molar-refractivity contribution < 1.29 is 4.92 Å². The molecule has 4 aromatic rings. The van der Waals surface area contributed by atoms with Crippen molar-refractivity contribution >= 4 is 17.2 Å². The second-order valence-electron chi connectivity index (χ2n) is 6.20. The van der Waals surface area contributed by atoms with Crippen molar-refractivity contribution in [2.45, 2.75) is 6.92 Å². The molecule has 0 atom stereocenters. The smallest absolute Gasteiger partial charge is 0.270 e. The van der Waals surface area contributed by atoms with E-state index in [4.69, 9.17) is 5.73 Å². The van der Waals surface area contributed by atoms with Crippen molar-refractivity contribution in [1.82, 2.24) is 14.6 Å². The van der Waals surface area contributed by atoms with Crippen LogP contribution in [-0.2, 0) is 0 Å². The molecule has 0 unspecified atom stereocenters. The average molecular weight is 370 g/mol. The van der Waals surface area contributed by atoms with Gasteiger partial charge in [0.25, 0.3) is 5.69 Å². The molecule has 2 aromatic carbocycles. The zero-order chi connectivity index (χ0) is 19.8. The van der Waals surface area contributed by atoms with Crippen molar-refractivity contribution in [3.8, 4) is 28.5 Å². The molecule has 0 aliphatic rings. The minimum absolute atomic E-state index is 0.0496. The third kappa shape index (κ3) is 2.62. The van der Waals surface area contributed by atoms with Crippen LogP contribution in [0.5, 0.6) is 0 Å². The van der Waals surface area contributed by atoms with Crippen molar-refractivity contribution in [3.63, 3.8) is 0 Å². The van der Waals surface area contributed by atoms with Gasteiger partial charge in [0.1, 0.15) is 17.5 Å². The summed E-state index contributed by atoms with van der Waals surface area (Å²) in [5.41, 5.74) is 9.86. The number of benzene rings is 2. The summed E-state index contributed by atoms with van der Waals surface area (Å²) in [7, 11) is 0. The van der Waals surface area contributed by atoms with Gasteiger partial charge in [-0.25, -0.2) is 9.50 Å². The number of nitriles is 1. The Hall–Kier alpha value is -4.25. The van der Waals surface area contributed by atoms with Gasteiger partial charge in [0.15, 0.2) is 5.65 Å². The first-order valence-corrected chi connectivity index (χ1v) is 8.40. The molecule has 28 heavy (non-hydrogen) atoms. The standard InChI is InChI=1S/C20H14N6O2/c1-12-17(13-6-3-2-4-7-13)20-23-19(22)16(11-21)18(25(20)24-12)14-8-5-9-15(10-14)26(27)28/h2-10H,1H3,(H2,22,23). The molecule has 2 N–H and O–H groups in total. The molecule has 0 amide bonds. The number of rotatable bonds is 3. The summed E-state index contributed by atoms with van der Waals surface area (Å²) in [5.74, 6) is 0.0496. The molecule has 0 fully saturated rings. The predicted molar refractivity (Wildman–Crippen MR) is 104 cm³/mol. The summed E-state index contributed by atoms with van der Waals surface area (Å²) in [6.07, 6.45) is 0. The molecule has 0 saturated heterocycles. The average Bonchev–Trinajstić information content (AvgIpc) is 3.02. The zero-order valence-electron chi connectivity index (χ0n) is 14.8. The summed E-state index contributed by atoms with van der Waals surface area (Å²) in [6, 6.07) is 17.7. The van der Waals surface area contributed by atoms with Gasteiger partial charge in [-0.1, -0.05) is 42.5 Å². The molecule has 2 heterocycles. The molecular formula is C20H14N6O2. The number of nitrogens with two attached hydrogens (primary N) is 1. The Balaban J connectivity index is 2.10.